The number of H-pyrrole nitrogens is 1. The molecule has 0 saturated carbocycles. The van der Waals surface area contributed by atoms with Gasteiger partial charge in [0, 0.05) is 28.7 Å². The number of aromatic amines is 1. The maximum Gasteiger partial charge on any atom is 0.355 e. The molecule has 138 valence electrons. The Morgan fingerprint density at radius 1 is 1.07 bits per heavy atom. The summed E-state index contributed by atoms with van der Waals surface area (Å²) >= 11 is 0. The molecule has 0 aliphatic carbocycles. The summed E-state index contributed by atoms with van der Waals surface area (Å²) in [5.74, 6) is -1.22. The highest BCUT2D eigenvalue weighted by Gasteiger charge is 2.19. The quantitative estimate of drug-likeness (QED) is 0.519. The Labute approximate surface area is 155 Å². The summed E-state index contributed by atoms with van der Waals surface area (Å²) in [6.07, 6.45) is 1.60. The summed E-state index contributed by atoms with van der Waals surface area (Å²) in [7, 11) is 0. The predicted molar refractivity (Wildman–Crippen MR) is 99.4 cm³/mol. The minimum Gasteiger partial charge on any atom is -0.453 e. The van der Waals surface area contributed by atoms with Crippen molar-refractivity contribution in [2.24, 2.45) is 0 Å². The number of ether oxygens (including phenoxy) is 1. The number of aromatic nitrogens is 2. The van der Waals surface area contributed by atoms with Crippen molar-refractivity contribution in [3.63, 3.8) is 0 Å². The molecule has 0 fully saturated rings. The average molecular weight is 365 g/mol. The van der Waals surface area contributed by atoms with Crippen LogP contribution in [0.3, 0.4) is 0 Å². The molecule has 0 unspecified atom stereocenters. The van der Waals surface area contributed by atoms with Crippen LogP contribution < -0.4 is 5.43 Å². The van der Waals surface area contributed by atoms with Gasteiger partial charge in [0.05, 0.1) is 0 Å². The largest absolute Gasteiger partial charge is 0.453 e. The number of nitrogens with one attached hydrogen (secondary N) is 2. The molecule has 0 bridgehead atoms. The van der Waals surface area contributed by atoms with E-state index >= 15 is 0 Å². The van der Waals surface area contributed by atoms with Crippen LogP contribution in [-0.4, -0.2) is 33.9 Å². The van der Waals surface area contributed by atoms with E-state index < -0.39 is 5.97 Å². The Morgan fingerprint density at radius 3 is 2.48 bits per heavy atom. The van der Waals surface area contributed by atoms with Gasteiger partial charge in [-0.15, -0.1) is 0 Å². The number of ketones is 1. The van der Waals surface area contributed by atoms with E-state index in [4.69, 9.17) is 4.74 Å². The van der Waals surface area contributed by atoms with E-state index in [0.717, 1.165) is 0 Å². The van der Waals surface area contributed by atoms with Gasteiger partial charge in [0.25, 0.3) is 5.91 Å². The molecule has 0 radical (unpaired) electrons. The summed E-state index contributed by atoms with van der Waals surface area (Å²) < 4.78 is 6.59. The zero-order valence-electron chi connectivity index (χ0n) is 15.0. The van der Waals surface area contributed by atoms with Gasteiger partial charge in [-0.1, -0.05) is 18.2 Å². The molecule has 0 aliphatic rings. The third-order valence-corrected chi connectivity index (χ3v) is 4.13. The summed E-state index contributed by atoms with van der Waals surface area (Å²) in [6.45, 7) is 3.12. The lowest BCUT2D eigenvalue weighted by Crippen LogP contribution is -2.25. The molecule has 3 rings (SSSR count). The Kier molecular flexibility index (Phi) is 5.21. The predicted octanol–water partition coefficient (Wildman–Crippen LogP) is 2.86. The number of hydrogen-bond acceptors (Lipinski definition) is 4. The lowest BCUT2D eigenvalue weighted by molar-refractivity contribution is 0.0469. The van der Waals surface area contributed by atoms with Gasteiger partial charge in [-0.2, -0.15) is 0 Å². The lowest BCUT2D eigenvalue weighted by Gasteiger charge is -2.11. The molecule has 0 saturated heterocycles. The van der Waals surface area contributed by atoms with E-state index in [-0.39, 0.29) is 24.0 Å². The van der Waals surface area contributed by atoms with E-state index in [2.05, 4.69) is 10.4 Å². The molecule has 3 aromatic rings. The van der Waals surface area contributed by atoms with E-state index in [1.54, 1.807) is 67.2 Å². The standard InChI is InChI=1S/C20H19N3O4/c1-13-11-16(18(24)12-27-20(26)17-9-6-10-21-17)14(2)23(13)22-19(25)15-7-4-3-5-8-15/h3-11,21H,12H2,1-2H3,(H,22,25). The van der Waals surface area contributed by atoms with Crippen molar-refractivity contribution in [3.05, 3.63) is 82.9 Å². The van der Waals surface area contributed by atoms with Crippen LogP contribution in [0.1, 0.15) is 42.6 Å². The van der Waals surface area contributed by atoms with E-state index in [0.29, 0.717) is 22.5 Å². The van der Waals surface area contributed by atoms with Gasteiger partial charge in [0.2, 0.25) is 5.78 Å². The summed E-state index contributed by atoms with van der Waals surface area (Å²) in [6, 6.07) is 13.7. The lowest BCUT2D eigenvalue weighted by atomic mass is 10.1. The van der Waals surface area contributed by atoms with Crippen molar-refractivity contribution in [2.75, 3.05) is 12.0 Å². The molecule has 0 atom stereocenters. The molecular formula is C20H19N3O4. The highest BCUT2D eigenvalue weighted by molar-refractivity contribution is 6.02. The number of carbonyl (C=O) groups excluding carboxylic acids is 3. The minimum absolute atomic E-state index is 0.281. The Hall–Kier alpha value is -3.61. The number of nitrogens with zero attached hydrogens (tertiary/aromatic N) is 1. The fourth-order valence-corrected chi connectivity index (χ4v) is 2.72. The molecule has 2 N–H and O–H groups in total. The van der Waals surface area contributed by atoms with E-state index in [9.17, 15) is 14.4 Å². The zero-order chi connectivity index (χ0) is 19.4. The van der Waals surface area contributed by atoms with E-state index in [1.807, 2.05) is 6.07 Å². The molecule has 1 amide bonds. The second-order valence-corrected chi connectivity index (χ2v) is 6.01. The number of esters is 1. The summed E-state index contributed by atoms with van der Waals surface area (Å²) in [4.78, 5) is 39.4. The Morgan fingerprint density at radius 2 is 1.81 bits per heavy atom. The number of aryl methyl sites for hydroxylation is 1. The van der Waals surface area contributed by atoms with Gasteiger partial charge in [0.15, 0.2) is 6.61 Å². The Bertz CT molecular complexity index is 972. The van der Waals surface area contributed by atoms with E-state index in [1.165, 1.54) is 0 Å². The highest BCUT2D eigenvalue weighted by Crippen LogP contribution is 2.15. The van der Waals surface area contributed by atoms with Gasteiger partial charge in [-0.05, 0) is 44.2 Å². The molecule has 7 heteroatoms. The summed E-state index contributed by atoms with van der Waals surface area (Å²) in [5, 5.41) is 0. The first-order valence-corrected chi connectivity index (χ1v) is 8.36. The highest BCUT2D eigenvalue weighted by atomic mass is 16.5. The van der Waals surface area contributed by atoms with Crippen LogP contribution in [0.4, 0.5) is 0 Å². The normalized spacial score (nSPS) is 10.4. The van der Waals surface area contributed by atoms with Crippen molar-refractivity contribution in [1.29, 1.82) is 0 Å². The van der Waals surface area contributed by atoms with Gasteiger partial charge in [-0.3, -0.25) is 19.7 Å². The second-order valence-electron chi connectivity index (χ2n) is 6.01. The third-order valence-electron chi connectivity index (χ3n) is 4.13. The van der Waals surface area contributed by atoms with Crippen LogP contribution in [0.25, 0.3) is 0 Å². The Balaban J connectivity index is 1.70. The number of benzene rings is 1. The monoisotopic (exact) mass is 365 g/mol. The SMILES string of the molecule is Cc1cc(C(=O)COC(=O)c2ccc[nH]2)c(C)n1NC(=O)c1ccccc1. The molecule has 0 spiro atoms. The zero-order valence-corrected chi connectivity index (χ0v) is 15.0. The van der Waals surface area contributed by atoms with Crippen LogP contribution in [-0.2, 0) is 4.74 Å². The molecule has 27 heavy (non-hydrogen) atoms. The maximum atomic E-state index is 12.4. The fraction of sp³-hybridized carbons (Fsp3) is 0.150. The minimum atomic E-state index is -0.598. The van der Waals surface area contributed by atoms with Gasteiger partial charge < -0.3 is 9.72 Å². The van der Waals surface area contributed by atoms with Gasteiger partial charge in [0.1, 0.15) is 5.69 Å². The first kappa shape index (κ1) is 18.2. The van der Waals surface area contributed by atoms with Crippen LogP contribution in [0.5, 0.6) is 0 Å². The van der Waals surface area contributed by atoms with Gasteiger partial charge >= 0.3 is 5.97 Å². The van der Waals surface area contributed by atoms with Crippen molar-refractivity contribution >= 4 is 17.7 Å². The number of amides is 1. The average Bonchev–Trinajstić information content (AvgIpc) is 3.31. The van der Waals surface area contributed by atoms with Crippen LogP contribution >= 0.6 is 0 Å². The first-order valence-electron chi connectivity index (χ1n) is 8.36. The topological polar surface area (TPSA) is 93.2 Å². The van der Waals surface area contributed by atoms with Crippen molar-refractivity contribution in [1.82, 2.24) is 9.66 Å². The maximum absolute atomic E-state index is 12.4. The van der Waals surface area contributed by atoms with Crippen LogP contribution in [0.15, 0.2) is 54.7 Å². The smallest absolute Gasteiger partial charge is 0.355 e. The summed E-state index contributed by atoms with van der Waals surface area (Å²) in [5.41, 5.74) is 5.21. The number of rotatable bonds is 6. The fourth-order valence-electron chi connectivity index (χ4n) is 2.72. The third kappa shape index (κ3) is 3.98. The van der Waals surface area contributed by atoms with Crippen molar-refractivity contribution in [3.8, 4) is 0 Å². The van der Waals surface area contributed by atoms with Crippen LogP contribution in [0, 0.1) is 13.8 Å². The number of hydrogen-bond donors (Lipinski definition) is 2. The number of Topliss-reactive ketones (excluding diaryl/α,β-unsaturated/α-hetero) is 1. The van der Waals surface area contributed by atoms with Gasteiger partial charge in [-0.25, -0.2) is 4.79 Å². The number of carbonyl (C=O) groups is 3. The first-order chi connectivity index (χ1) is 13.0. The molecule has 2 heterocycles. The molecular weight excluding hydrogens is 346 g/mol. The molecule has 2 aromatic heterocycles. The van der Waals surface area contributed by atoms with Crippen molar-refractivity contribution in [2.45, 2.75) is 13.8 Å². The second kappa shape index (κ2) is 7.74. The molecule has 7 nitrogen and oxygen atoms in total. The van der Waals surface area contributed by atoms with Crippen LogP contribution in [0.2, 0.25) is 0 Å². The molecule has 1 aromatic carbocycles. The van der Waals surface area contributed by atoms with Crippen molar-refractivity contribution < 1.29 is 19.1 Å². The molecule has 0 aliphatic heterocycles.